The molecule has 7 nitrogen and oxygen atoms in total. The van der Waals surface area contributed by atoms with Crippen LogP contribution in [0.1, 0.15) is 43.2 Å². The van der Waals surface area contributed by atoms with E-state index < -0.39 is 24.8 Å². The van der Waals surface area contributed by atoms with Crippen LogP contribution in [0.5, 0.6) is 17.2 Å². The number of aliphatic hydroxyl groups excluding tert-OH is 3. The van der Waals surface area contributed by atoms with Gasteiger partial charge in [0, 0.05) is 13.5 Å². The highest BCUT2D eigenvalue weighted by atomic mass is 16.8. The summed E-state index contributed by atoms with van der Waals surface area (Å²) in [7, 11) is 1.40. The Labute approximate surface area is 188 Å². The topological polar surface area (TPSA) is 97.6 Å². The van der Waals surface area contributed by atoms with Gasteiger partial charge in [0.1, 0.15) is 11.9 Å². The fraction of sp³-hybridized carbons (Fsp3) is 0.520. The Morgan fingerprint density at radius 1 is 0.906 bits per heavy atom. The second kappa shape index (κ2) is 10.6. The van der Waals surface area contributed by atoms with Crippen LogP contribution < -0.4 is 9.47 Å². The zero-order valence-electron chi connectivity index (χ0n) is 18.4. The zero-order chi connectivity index (χ0) is 22.5. The summed E-state index contributed by atoms with van der Waals surface area (Å²) in [6, 6.07) is 13.7. The lowest BCUT2D eigenvalue weighted by atomic mass is 10.0. The highest BCUT2D eigenvalue weighted by Crippen LogP contribution is 2.36. The first-order chi connectivity index (χ1) is 15.5. The first-order valence-electron chi connectivity index (χ1n) is 11.3. The maximum absolute atomic E-state index is 10.3. The van der Waals surface area contributed by atoms with Crippen molar-refractivity contribution in [1.29, 1.82) is 0 Å². The molecular weight excluding hydrogens is 412 g/mol. The second-order valence-electron chi connectivity index (χ2n) is 8.55. The van der Waals surface area contributed by atoms with Gasteiger partial charge in [-0.25, -0.2) is 0 Å². The fourth-order valence-corrected chi connectivity index (χ4v) is 4.14. The zero-order valence-corrected chi connectivity index (χ0v) is 18.4. The number of methoxy groups -OCH3 is 1. The summed E-state index contributed by atoms with van der Waals surface area (Å²) in [5.41, 5.74) is 2.27. The Bertz CT molecular complexity index is 869. The molecule has 2 unspecified atom stereocenters. The van der Waals surface area contributed by atoms with Crippen LogP contribution in [0.3, 0.4) is 0 Å². The molecule has 5 rings (SSSR count). The number of hydrogen-bond donors (Lipinski definition) is 3. The molecule has 4 bridgehead atoms. The Kier molecular flexibility index (Phi) is 7.65. The van der Waals surface area contributed by atoms with E-state index in [4.69, 9.17) is 18.9 Å². The van der Waals surface area contributed by atoms with Crippen LogP contribution in [0.15, 0.2) is 42.5 Å². The van der Waals surface area contributed by atoms with Gasteiger partial charge in [0.2, 0.25) is 6.29 Å². The first-order valence-corrected chi connectivity index (χ1v) is 11.3. The lowest BCUT2D eigenvalue weighted by Crippen LogP contribution is -2.50. The molecule has 3 aliphatic heterocycles. The molecule has 7 heteroatoms. The minimum absolute atomic E-state index is 0.100. The van der Waals surface area contributed by atoms with Crippen molar-refractivity contribution in [3.8, 4) is 17.2 Å². The largest absolute Gasteiger partial charge is 0.461 e. The summed E-state index contributed by atoms with van der Waals surface area (Å²) in [5, 5.41) is 30.4. The molecule has 32 heavy (non-hydrogen) atoms. The average Bonchev–Trinajstić information content (AvgIpc) is 2.80. The number of rotatable bonds is 3. The fourth-order valence-electron chi connectivity index (χ4n) is 4.14. The van der Waals surface area contributed by atoms with Crippen LogP contribution in [-0.4, -0.2) is 53.3 Å². The number of fused-ring (bicyclic) bond motifs is 8. The number of ether oxygens (including phenoxy) is 4. The lowest BCUT2D eigenvalue weighted by Gasteiger charge is -2.36. The third-order valence-electron chi connectivity index (χ3n) is 6.06. The Hall–Kier alpha value is -2.16. The minimum atomic E-state index is -1.13. The van der Waals surface area contributed by atoms with E-state index in [1.807, 2.05) is 30.3 Å². The molecule has 0 saturated carbocycles. The monoisotopic (exact) mass is 444 g/mol. The van der Waals surface area contributed by atoms with Gasteiger partial charge < -0.3 is 34.3 Å². The average molecular weight is 445 g/mol. The molecule has 3 N–H and O–H groups in total. The van der Waals surface area contributed by atoms with Crippen LogP contribution in [0.4, 0.5) is 0 Å². The van der Waals surface area contributed by atoms with E-state index in [2.05, 4.69) is 12.1 Å². The van der Waals surface area contributed by atoms with Crippen LogP contribution in [-0.2, 0) is 22.3 Å². The smallest absolute Gasteiger partial charge is 0.205 e. The molecule has 1 saturated heterocycles. The molecule has 0 aromatic heterocycles. The van der Waals surface area contributed by atoms with Gasteiger partial charge in [-0.2, -0.15) is 0 Å². The minimum Gasteiger partial charge on any atom is -0.461 e. The molecule has 0 spiro atoms. The van der Waals surface area contributed by atoms with Gasteiger partial charge in [-0.15, -0.1) is 0 Å². The van der Waals surface area contributed by atoms with Crippen LogP contribution in [0.2, 0.25) is 0 Å². The molecule has 0 radical (unpaired) electrons. The van der Waals surface area contributed by atoms with Gasteiger partial charge in [0.15, 0.2) is 17.8 Å². The van der Waals surface area contributed by atoms with Crippen LogP contribution >= 0.6 is 0 Å². The molecular formula is C25H32O7. The molecule has 174 valence electrons. The third kappa shape index (κ3) is 5.79. The van der Waals surface area contributed by atoms with Gasteiger partial charge in [-0.1, -0.05) is 24.6 Å². The van der Waals surface area contributed by atoms with Gasteiger partial charge in [0.25, 0.3) is 0 Å². The van der Waals surface area contributed by atoms with E-state index in [1.54, 1.807) is 0 Å². The number of aryl methyl sites for hydroxylation is 2. The maximum atomic E-state index is 10.3. The van der Waals surface area contributed by atoms with E-state index in [-0.39, 0.29) is 12.5 Å². The van der Waals surface area contributed by atoms with E-state index in [1.165, 1.54) is 12.7 Å². The number of benzene rings is 2. The Morgan fingerprint density at radius 2 is 1.69 bits per heavy atom. The van der Waals surface area contributed by atoms with Gasteiger partial charge in [-0.3, -0.25) is 0 Å². The van der Waals surface area contributed by atoms with Crippen molar-refractivity contribution in [2.24, 2.45) is 0 Å². The summed E-state index contributed by atoms with van der Waals surface area (Å²) < 4.78 is 22.9. The summed E-state index contributed by atoms with van der Waals surface area (Å²) in [5.74, 6) is 1.68. The van der Waals surface area contributed by atoms with Crippen molar-refractivity contribution in [3.05, 3.63) is 53.6 Å². The van der Waals surface area contributed by atoms with Gasteiger partial charge in [0.05, 0.1) is 12.2 Å². The van der Waals surface area contributed by atoms with E-state index in [0.29, 0.717) is 23.7 Å². The van der Waals surface area contributed by atoms with Gasteiger partial charge in [-0.05, 0) is 67.5 Å². The molecule has 3 aliphatic rings. The molecule has 2 aromatic carbocycles. The first kappa shape index (κ1) is 23.0. The Balaban J connectivity index is 1.58. The molecule has 5 atom stereocenters. The van der Waals surface area contributed by atoms with E-state index in [9.17, 15) is 15.3 Å². The van der Waals surface area contributed by atoms with Crippen LogP contribution in [0, 0.1) is 0 Å². The molecule has 0 aliphatic carbocycles. The predicted molar refractivity (Wildman–Crippen MR) is 118 cm³/mol. The normalized spacial score (nSPS) is 28.9. The SMILES string of the molecule is COC1O[C@@H](Oc2ccc3cc2Oc2ccc(cc2)CCCC[C@@H](O)CC3)CC(O)[C@H]1O. The molecule has 3 heterocycles. The third-order valence-corrected chi connectivity index (χ3v) is 6.06. The lowest BCUT2D eigenvalue weighted by molar-refractivity contribution is -0.294. The summed E-state index contributed by atoms with van der Waals surface area (Å²) in [6.07, 6.45) is 1.09. The van der Waals surface area contributed by atoms with Crippen molar-refractivity contribution in [2.75, 3.05) is 7.11 Å². The number of hydrogen-bond acceptors (Lipinski definition) is 7. The van der Waals surface area contributed by atoms with E-state index >= 15 is 0 Å². The second-order valence-corrected chi connectivity index (χ2v) is 8.55. The number of aliphatic hydroxyl groups is 3. The summed E-state index contributed by atoms with van der Waals surface area (Å²) in [4.78, 5) is 0. The predicted octanol–water partition coefficient (Wildman–Crippen LogP) is 3.32. The van der Waals surface area contributed by atoms with Crippen LogP contribution in [0.25, 0.3) is 0 Å². The summed E-state index contributed by atoms with van der Waals surface area (Å²) >= 11 is 0. The van der Waals surface area contributed by atoms with Crippen molar-refractivity contribution in [2.45, 2.75) is 75.8 Å². The van der Waals surface area contributed by atoms with Crippen molar-refractivity contribution in [3.63, 3.8) is 0 Å². The van der Waals surface area contributed by atoms with Gasteiger partial charge >= 0.3 is 0 Å². The quantitative estimate of drug-likeness (QED) is 0.668. The van der Waals surface area contributed by atoms with Crippen molar-refractivity contribution < 1.29 is 34.3 Å². The highest BCUT2D eigenvalue weighted by molar-refractivity contribution is 5.46. The van der Waals surface area contributed by atoms with Crippen molar-refractivity contribution >= 4 is 0 Å². The highest BCUT2D eigenvalue weighted by Gasteiger charge is 2.38. The molecule has 1 fully saturated rings. The standard InChI is InChI=1S/C25H32O7/c1-29-25-24(28)20(27)15-23(32-25)31-21-13-9-17-6-10-18(26)5-3-2-4-16-7-11-19(12-8-16)30-22(21)14-17/h7-9,11-14,18,20,23-28H,2-6,10,15H2,1H3/t18-,20?,23-,24-,25?/m1/s1. The maximum Gasteiger partial charge on any atom is 0.205 e. The van der Waals surface area contributed by atoms with Crippen molar-refractivity contribution in [1.82, 2.24) is 0 Å². The Morgan fingerprint density at radius 3 is 2.47 bits per heavy atom. The van der Waals surface area contributed by atoms with E-state index in [0.717, 1.165) is 37.7 Å². The molecule has 0 amide bonds. The summed E-state index contributed by atoms with van der Waals surface area (Å²) in [6.45, 7) is 0. The molecule has 2 aromatic rings.